The Balaban J connectivity index is 2.03. The highest BCUT2D eigenvalue weighted by atomic mass is 19.4. The Bertz CT molecular complexity index is 577. The first-order valence-corrected chi connectivity index (χ1v) is 6.48. The van der Waals surface area contributed by atoms with Gasteiger partial charge in [-0.3, -0.25) is 0 Å². The summed E-state index contributed by atoms with van der Waals surface area (Å²) in [5.41, 5.74) is -0.532. The number of rotatable bonds is 4. The summed E-state index contributed by atoms with van der Waals surface area (Å²) in [4.78, 5) is 0. The van der Waals surface area contributed by atoms with Crippen molar-refractivity contribution < 1.29 is 18.3 Å². The highest BCUT2D eigenvalue weighted by molar-refractivity contribution is 5.45. The fourth-order valence-corrected chi connectivity index (χ4v) is 1.95. The molecule has 0 saturated carbocycles. The molecule has 0 bridgehead atoms. The summed E-state index contributed by atoms with van der Waals surface area (Å²) in [7, 11) is 0. The number of hydrogen-bond acceptors (Lipinski definition) is 2. The maximum atomic E-state index is 12.5. The fourth-order valence-electron chi connectivity index (χ4n) is 1.95. The van der Waals surface area contributed by atoms with Crippen molar-refractivity contribution in [3.05, 3.63) is 65.7 Å². The van der Waals surface area contributed by atoms with Gasteiger partial charge in [0.25, 0.3) is 0 Å². The summed E-state index contributed by atoms with van der Waals surface area (Å²) < 4.78 is 37.4. The van der Waals surface area contributed by atoms with Crippen LogP contribution in [0, 0.1) is 0 Å². The van der Waals surface area contributed by atoms with Gasteiger partial charge in [0.1, 0.15) is 5.60 Å². The largest absolute Gasteiger partial charge is 0.416 e. The average molecular weight is 295 g/mol. The molecule has 2 aromatic rings. The second kappa shape index (κ2) is 5.77. The smallest absolute Gasteiger partial charge is 0.384 e. The van der Waals surface area contributed by atoms with Gasteiger partial charge in [0, 0.05) is 12.2 Å². The molecule has 5 heteroatoms. The Kier molecular flexibility index (Phi) is 4.23. The highest BCUT2D eigenvalue weighted by Crippen LogP contribution is 2.30. The topological polar surface area (TPSA) is 32.3 Å². The van der Waals surface area contributed by atoms with E-state index in [0.717, 1.165) is 17.7 Å². The van der Waals surface area contributed by atoms with Crippen molar-refractivity contribution in [1.82, 2.24) is 0 Å². The van der Waals surface area contributed by atoms with Crippen molar-refractivity contribution in [3.8, 4) is 0 Å². The Morgan fingerprint density at radius 2 is 1.48 bits per heavy atom. The van der Waals surface area contributed by atoms with E-state index in [9.17, 15) is 18.3 Å². The van der Waals surface area contributed by atoms with Gasteiger partial charge in [-0.05, 0) is 36.8 Å². The minimum atomic E-state index is -4.34. The second-order valence-corrected chi connectivity index (χ2v) is 5.07. The normalized spacial score (nSPS) is 14.5. The molecular formula is C16H16F3NO. The van der Waals surface area contributed by atoms with Gasteiger partial charge < -0.3 is 10.4 Å². The first kappa shape index (κ1) is 15.4. The lowest BCUT2D eigenvalue weighted by atomic mass is 9.96. The second-order valence-electron chi connectivity index (χ2n) is 5.07. The number of aliphatic hydroxyl groups is 1. The van der Waals surface area contributed by atoms with Gasteiger partial charge in [-0.25, -0.2) is 0 Å². The van der Waals surface area contributed by atoms with Crippen LogP contribution >= 0.6 is 0 Å². The first-order chi connectivity index (χ1) is 9.79. The molecule has 1 unspecified atom stereocenters. The summed E-state index contributed by atoms with van der Waals surface area (Å²) in [5.74, 6) is 0. The fraction of sp³-hybridized carbons (Fsp3) is 0.250. The van der Waals surface area contributed by atoms with Crippen molar-refractivity contribution in [2.75, 3.05) is 11.9 Å². The Morgan fingerprint density at radius 1 is 0.905 bits per heavy atom. The van der Waals surface area contributed by atoms with Gasteiger partial charge in [-0.1, -0.05) is 30.3 Å². The maximum absolute atomic E-state index is 12.5. The third-order valence-electron chi connectivity index (χ3n) is 3.24. The van der Waals surface area contributed by atoms with Crippen LogP contribution < -0.4 is 5.32 Å². The van der Waals surface area contributed by atoms with E-state index >= 15 is 0 Å². The number of anilines is 1. The van der Waals surface area contributed by atoms with E-state index in [0.29, 0.717) is 5.69 Å². The van der Waals surface area contributed by atoms with Crippen LogP contribution in [0.15, 0.2) is 54.6 Å². The van der Waals surface area contributed by atoms with E-state index < -0.39 is 17.3 Å². The number of alkyl halides is 3. The lowest BCUT2D eigenvalue weighted by Gasteiger charge is -2.25. The lowest BCUT2D eigenvalue weighted by molar-refractivity contribution is -0.137. The van der Waals surface area contributed by atoms with Crippen LogP contribution in [0.25, 0.3) is 0 Å². The lowest BCUT2D eigenvalue weighted by Crippen LogP contribution is -2.30. The highest BCUT2D eigenvalue weighted by Gasteiger charge is 2.30. The summed E-state index contributed by atoms with van der Waals surface area (Å²) in [5, 5.41) is 13.3. The molecule has 2 aromatic carbocycles. The van der Waals surface area contributed by atoms with E-state index in [1.807, 2.05) is 18.2 Å². The average Bonchev–Trinajstić information content (AvgIpc) is 2.46. The molecule has 1 atom stereocenters. The molecule has 0 radical (unpaired) electrons. The predicted molar refractivity (Wildman–Crippen MR) is 75.9 cm³/mol. The minimum Gasteiger partial charge on any atom is -0.384 e. The monoisotopic (exact) mass is 295 g/mol. The first-order valence-electron chi connectivity index (χ1n) is 6.48. The van der Waals surface area contributed by atoms with Gasteiger partial charge in [-0.15, -0.1) is 0 Å². The molecule has 112 valence electrons. The van der Waals surface area contributed by atoms with Crippen LogP contribution in [0.4, 0.5) is 18.9 Å². The minimum absolute atomic E-state index is 0.197. The van der Waals surface area contributed by atoms with Crippen molar-refractivity contribution in [2.45, 2.75) is 18.7 Å². The molecule has 2 N–H and O–H groups in total. The molecule has 0 heterocycles. The number of benzene rings is 2. The molecule has 0 aliphatic rings. The van der Waals surface area contributed by atoms with E-state index in [1.54, 1.807) is 19.1 Å². The molecule has 0 spiro atoms. The number of hydrogen-bond donors (Lipinski definition) is 2. The molecule has 0 aromatic heterocycles. The van der Waals surface area contributed by atoms with Gasteiger partial charge in [0.15, 0.2) is 0 Å². The Morgan fingerprint density at radius 3 is 2.00 bits per heavy atom. The van der Waals surface area contributed by atoms with Crippen LogP contribution in [0.1, 0.15) is 18.1 Å². The zero-order valence-corrected chi connectivity index (χ0v) is 11.5. The van der Waals surface area contributed by atoms with Crippen LogP contribution in [-0.2, 0) is 11.8 Å². The standard InChI is InChI=1S/C16H16F3NO/c1-15(21,12-5-3-2-4-6-12)11-20-14-9-7-13(8-10-14)16(17,18)19/h2-10,20-21H,11H2,1H3. The molecule has 2 nitrogen and oxygen atoms in total. The molecule has 0 saturated heterocycles. The maximum Gasteiger partial charge on any atom is 0.416 e. The Labute approximate surface area is 121 Å². The summed E-state index contributed by atoms with van der Waals surface area (Å²) in [6.45, 7) is 1.85. The molecule has 0 aliphatic carbocycles. The molecular weight excluding hydrogens is 279 g/mol. The quantitative estimate of drug-likeness (QED) is 0.892. The van der Waals surface area contributed by atoms with Crippen molar-refractivity contribution in [1.29, 1.82) is 0 Å². The van der Waals surface area contributed by atoms with Crippen LogP contribution in [-0.4, -0.2) is 11.7 Å². The SMILES string of the molecule is CC(O)(CNc1ccc(C(F)(F)F)cc1)c1ccccc1. The number of halogens is 3. The van der Waals surface area contributed by atoms with E-state index in [2.05, 4.69) is 5.32 Å². The van der Waals surface area contributed by atoms with Crippen molar-refractivity contribution in [2.24, 2.45) is 0 Å². The van der Waals surface area contributed by atoms with Crippen LogP contribution in [0.2, 0.25) is 0 Å². The van der Waals surface area contributed by atoms with Crippen molar-refractivity contribution >= 4 is 5.69 Å². The van der Waals surface area contributed by atoms with Gasteiger partial charge in [-0.2, -0.15) is 13.2 Å². The van der Waals surface area contributed by atoms with E-state index in [-0.39, 0.29) is 6.54 Å². The van der Waals surface area contributed by atoms with Crippen LogP contribution in [0.3, 0.4) is 0 Å². The zero-order valence-electron chi connectivity index (χ0n) is 11.5. The number of nitrogens with one attached hydrogen (secondary N) is 1. The molecule has 0 amide bonds. The summed E-state index contributed by atoms with van der Waals surface area (Å²) >= 11 is 0. The Hall–Kier alpha value is -2.01. The zero-order chi connectivity index (χ0) is 15.5. The summed E-state index contributed by atoms with van der Waals surface area (Å²) in [6.07, 6.45) is -4.34. The van der Waals surface area contributed by atoms with E-state index in [1.165, 1.54) is 12.1 Å². The van der Waals surface area contributed by atoms with Gasteiger partial charge in [0.2, 0.25) is 0 Å². The molecule has 21 heavy (non-hydrogen) atoms. The van der Waals surface area contributed by atoms with Gasteiger partial charge in [0.05, 0.1) is 5.56 Å². The van der Waals surface area contributed by atoms with E-state index in [4.69, 9.17) is 0 Å². The third-order valence-corrected chi connectivity index (χ3v) is 3.24. The van der Waals surface area contributed by atoms with Crippen LogP contribution in [0.5, 0.6) is 0 Å². The predicted octanol–water partition coefficient (Wildman–Crippen LogP) is 4.03. The third kappa shape index (κ3) is 3.98. The molecule has 0 aliphatic heterocycles. The molecule has 2 rings (SSSR count). The van der Waals surface area contributed by atoms with Gasteiger partial charge >= 0.3 is 6.18 Å². The summed E-state index contributed by atoms with van der Waals surface area (Å²) in [6, 6.07) is 13.8. The van der Waals surface area contributed by atoms with Crippen molar-refractivity contribution in [3.63, 3.8) is 0 Å². The molecule has 0 fully saturated rings.